The van der Waals surface area contributed by atoms with Gasteiger partial charge in [0.25, 0.3) is 0 Å². The zero-order valence-corrected chi connectivity index (χ0v) is 19.1. The Hall–Kier alpha value is -1.63. The molecule has 4 rings (SSSR count). The lowest BCUT2D eigenvalue weighted by Crippen LogP contribution is -2.43. The number of hydrogen-bond acceptors (Lipinski definition) is 5. The zero-order valence-electron chi connectivity index (χ0n) is 17.6. The number of rotatable bonds is 6. The van der Waals surface area contributed by atoms with Crippen LogP contribution in [0.5, 0.6) is 5.75 Å². The first-order chi connectivity index (χ1) is 14.3. The molecule has 2 heterocycles. The highest BCUT2D eigenvalue weighted by Gasteiger charge is 2.39. The van der Waals surface area contributed by atoms with Crippen LogP contribution in [0.2, 0.25) is 5.02 Å². The molecule has 0 spiro atoms. The Balaban J connectivity index is 1.33. The third-order valence-corrected chi connectivity index (χ3v) is 7.54. The average molecular weight is 449 g/mol. The van der Waals surface area contributed by atoms with Gasteiger partial charge < -0.3 is 14.7 Å². The van der Waals surface area contributed by atoms with Crippen LogP contribution in [0.25, 0.3) is 0 Å². The molecule has 1 aromatic carbocycles. The molecule has 162 valence electrons. The number of aliphatic hydroxyl groups is 1. The normalized spacial score (nSPS) is 26.9. The molecule has 1 aliphatic carbocycles. The molecule has 0 radical (unpaired) electrons. The molecular weight excluding hydrogens is 420 g/mol. The Morgan fingerprint density at radius 2 is 2.10 bits per heavy atom. The minimum atomic E-state index is -0.575. The number of carbonyl (C=O) groups excluding carboxylic acids is 1. The van der Waals surface area contributed by atoms with Crippen LogP contribution in [0.1, 0.15) is 55.3 Å². The maximum atomic E-state index is 13.0. The van der Waals surface area contributed by atoms with Crippen LogP contribution in [-0.2, 0) is 17.8 Å². The fourth-order valence-corrected chi connectivity index (χ4v) is 5.38. The Kier molecular flexibility index (Phi) is 6.37. The second kappa shape index (κ2) is 8.85. The van der Waals surface area contributed by atoms with Gasteiger partial charge in [-0.1, -0.05) is 17.7 Å². The fraction of sp³-hybridized carbons (Fsp3) is 0.565. The smallest absolute Gasteiger partial charge is 0.226 e. The van der Waals surface area contributed by atoms with Gasteiger partial charge in [0.1, 0.15) is 12.4 Å². The molecule has 1 unspecified atom stereocenters. The monoisotopic (exact) mass is 448 g/mol. The molecule has 1 aromatic heterocycles. The van der Waals surface area contributed by atoms with Crippen molar-refractivity contribution >= 4 is 28.8 Å². The number of likely N-dealkylation sites (tertiary alicyclic amines) is 1. The first-order valence-electron chi connectivity index (χ1n) is 10.7. The van der Waals surface area contributed by atoms with Crippen molar-refractivity contribution in [3.8, 4) is 5.75 Å². The molecule has 7 heteroatoms. The Morgan fingerprint density at radius 1 is 1.33 bits per heavy atom. The highest BCUT2D eigenvalue weighted by atomic mass is 35.5. The molecule has 30 heavy (non-hydrogen) atoms. The topological polar surface area (TPSA) is 62.7 Å². The maximum absolute atomic E-state index is 13.0. The van der Waals surface area contributed by atoms with Crippen LogP contribution in [-0.4, -0.2) is 39.1 Å². The summed E-state index contributed by atoms with van der Waals surface area (Å²) >= 11 is 8.12. The summed E-state index contributed by atoms with van der Waals surface area (Å²) in [7, 11) is 0. The van der Waals surface area contributed by atoms with Gasteiger partial charge in [0.05, 0.1) is 16.3 Å². The van der Waals surface area contributed by atoms with Gasteiger partial charge in [-0.15, -0.1) is 11.3 Å². The van der Waals surface area contributed by atoms with E-state index >= 15 is 0 Å². The second-order valence-electron chi connectivity index (χ2n) is 8.85. The Bertz CT molecular complexity index is 904. The van der Waals surface area contributed by atoms with Crippen LogP contribution in [0, 0.1) is 12.8 Å². The number of ether oxygens (including phenoxy) is 1. The van der Waals surface area contributed by atoms with E-state index in [1.54, 1.807) is 11.3 Å². The highest BCUT2D eigenvalue weighted by Crippen LogP contribution is 2.35. The molecular formula is C23H29ClN2O3S. The predicted molar refractivity (Wildman–Crippen MR) is 119 cm³/mol. The van der Waals surface area contributed by atoms with E-state index in [4.69, 9.17) is 16.3 Å². The quantitative estimate of drug-likeness (QED) is 0.691. The summed E-state index contributed by atoms with van der Waals surface area (Å²) in [5.74, 6) is 0.926. The standard InChI is InChI=1S/C23H29ClN2O3S/c1-15-25-18(14-30-15)13-29-20-4-3-16(21(24)12-20)11-17-7-10-26(22(17)27)19-5-8-23(2,28)9-6-19/h3-4,12,14,17,19,28H,5-11,13H2,1-2H3. The van der Waals surface area contributed by atoms with Gasteiger partial charge in [-0.05, 0) is 70.1 Å². The van der Waals surface area contributed by atoms with Crippen LogP contribution in [0.4, 0.5) is 0 Å². The molecule has 2 aromatic rings. The van der Waals surface area contributed by atoms with Crippen LogP contribution >= 0.6 is 22.9 Å². The average Bonchev–Trinajstić information content (AvgIpc) is 3.28. The van der Waals surface area contributed by atoms with Crippen molar-refractivity contribution in [3.05, 3.63) is 44.9 Å². The van der Waals surface area contributed by atoms with E-state index in [0.717, 1.165) is 54.9 Å². The third kappa shape index (κ3) is 4.98. The van der Waals surface area contributed by atoms with Crippen molar-refractivity contribution in [2.75, 3.05) is 6.54 Å². The Labute approximate surface area is 187 Å². The van der Waals surface area contributed by atoms with Crippen molar-refractivity contribution < 1.29 is 14.6 Å². The molecule has 0 bridgehead atoms. The van der Waals surface area contributed by atoms with E-state index in [1.165, 1.54) is 0 Å². The van der Waals surface area contributed by atoms with E-state index in [0.29, 0.717) is 23.8 Å². The minimum absolute atomic E-state index is 0.0188. The van der Waals surface area contributed by atoms with Crippen molar-refractivity contribution in [3.63, 3.8) is 0 Å². The summed E-state index contributed by atoms with van der Waals surface area (Å²) in [6.45, 7) is 5.10. The van der Waals surface area contributed by atoms with Crippen molar-refractivity contribution in [1.29, 1.82) is 0 Å². The first-order valence-corrected chi connectivity index (χ1v) is 11.9. The molecule has 1 N–H and O–H groups in total. The van der Waals surface area contributed by atoms with Gasteiger partial charge in [-0.25, -0.2) is 4.98 Å². The highest BCUT2D eigenvalue weighted by molar-refractivity contribution is 7.09. The largest absolute Gasteiger partial charge is 0.487 e. The van der Waals surface area contributed by atoms with Gasteiger partial charge in [0.2, 0.25) is 5.91 Å². The molecule has 2 fully saturated rings. The van der Waals surface area contributed by atoms with E-state index in [1.807, 2.05) is 42.3 Å². The summed E-state index contributed by atoms with van der Waals surface area (Å²) < 4.78 is 5.81. The summed E-state index contributed by atoms with van der Waals surface area (Å²) in [5, 5.41) is 13.8. The Morgan fingerprint density at radius 3 is 2.77 bits per heavy atom. The summed E-state index contributed by atoms with van der Waals surface area (Å²) in [5.41, 5.74) is 1.33. The zero-order chi connectivity index (χ0) is 21.3. The van der Waals surface area contributed by atoms with E-state index in [2.05, 4.69) is 4.98 Å². The minimum Gasteiger partial charge on any atom is -0.487 e. The number of carbonyl (C=O) groups is 1. The molecule has 1 atom stereocenters. The number of aromatic nitrogens is 1. The van der Waals surface area contributed by atoms with Crippen molar-refractivity contribution in [2.24, 2.45) is 5.92 Å². The van der Waals surface area contributed by atoms with Gasteiger partial charge in [0.15, 0.2) is 0 Å². The van der Waals surface area contributed by atoms with Crippen LogP contribution in [0.15, 0.2) is 23.6 Å². The summed E-state index contributed by atoms with van der Waals surface area (Å²) in [6.07, 6.45) is 4.82. The number of halogens is 1. The SMILES string of the molecule is Cc1nc(COc2ccc(CC3CCN(C4CCC(C)(O)CC4)C3=O)c(Cl)c2)cs1. The van der Waals surface area contributed by atoms with Gasteiger partial charge in [0, 0.05) is 28.9 Å². The predicted octanol–water partition coefficient (Wildman–Crippen LogP) is 4.77. The molecule has 5 nitrogen and oxygen atoms in total. The van der Waals surface area contributed by atoms with E-state index < -0.39 is 5.60 Å². The maximum Gasteiger partial charge on any atom is 0.226 e. The number of aryl methyl sites for hydroxylation is 1. The number of hydrogen-bond donors (Lipinski definition) is 1. The van der Waals surface area contributed by atoms with E-state index in [-0.39, 0.29) is 17.9 Å². The number of nitrogens with zero attached hydrogens (tertiary/aromatic N) is 2. The number of thiazole rings is 1. The van der Waals surface area contributed by atoms with E-state index in [9.17, 15) is 9.90 Å². The van der Waals surface area contributed by atoms with Gasteiger partial charge in [-0.3, -0.25) is 4.79 Å². The summed E-state index contributed by atoms with van der Waals surface area (Å²) in [6, 6.07) is 5.98. The first kappa shape index (κ1) is 21.6. The fourth-order valence-electron chi connectivity index (χ4n) is 4.53. The van der Waals surface area contributed by atoms with Crippen LogP contribution < -0.4 is 4.74 Å². The number of amides is 1. The summed E-state index contributed by atoms with van der Waals surface area (Å²) in [4.78, 5) is 19.4. The lowest BCUT2D eigenvalue weighted by atomic mass is 9.83. The number of benzene rings is 1. The molecule has 1 saturated heterocycles. The molecule has 2 aliphatic rings. The van der Waals surface area contributed by atoms with Crippen molar-refractivity contribution in [2.45, 2.75) is 70.6 Å². The lowest BCUT2D eigenvalue weighted by Gasteiger charge is -2.37. The van der Waals surface area contributed by atoms with Crippen LogP contribution in [0.3, 0.4) is 0 Å². The molecule has 1 amide bonds. The van der Waals surface area contributed by atoms with Gasteiger partial charge in [-0.2, -0.15) is 0 Å². The second-order valence-corrected chi connectivity index (χ2v) is 10.3. The molecule has 1 aliphatic heterocycles. The van der Waals surface area contributed by atoms with Gasteiger partial charge >= 0.3 is 0 Å². The van der Waals surface area contributed by atoms with Crippen molar-refractivity contribution in [1.82, 2.24) is 9.88 Å². The lowest BCUT2D eigenvalue weighted by molar-refractivity contribution is -0.134. The molecule has 1 saturated carbocycles. The third-order valence-electron chi connectivity index (χ3n) is 6.37.